The van der Waals surface area contributed by atoms with Gasteiger partial charge in [0.1, 0.15) is 22.3 Å². The number of benzene rings is 11. The van der Waals surface area contributed by atoms with E-state index in [1.54, 1.807) is 0 Å². The first-order valence-corrected chi connectivity index (χ1v) is 24.0. The van der Waals surface area contributed by atoms with Gasteiger partial charge >= 0.3 is 0 Å². The Hall–Kier alpha value is -9.18. The number of furan rings is 2. The van der Waals surface area contributed by atoms with Crippen molar-refractivity contribution in [2.75, 3.05) is 4.90 Å². The number of nitrogens with zero attached hydrogens (tertiary/aromatic N) is 1. The number of hydrogen-bond donors (Lipinski definition) is 0. The molecule has 0 N–H and O–H groups in total. The number of para-hydroxylation sites is 2. The van der Waals surface area contributed by atoms with Crippen LogP contribution in [0.4, 0.5) is 17.1 Å². The summed E-state index contributed by atoms with van der Waals surface area (Å²) in [5.74, 6) is 0. The Labute approximate surface area is 405 Å². The molecular formula is C67H43NO2. The third kappa shape index (κ3) is 6.01. The van der Waals surface area contributed by atoms with Crippen LogP contribution in [-0.2, 0) is 5.41 Å². The second kappa shape index (κ2) is 16.0. The smallest absolute Gasteiger partial charge is 0.144 e. The molecule has 0 atom stereocenters. The zero-order valence-corrected chi connectivity index (χ0v) is 38.1. The van der Waals surface area contributed by atoms with Crippen molar-refractivity contribution in [3.63, 3.8) is 0 Å². The molecule has 0 saturated heterocycles. The highest BCUT2D eigenvalue weighted by Crippen LogP contribution is 2.58. The zero-order valence-electron chi connectivity index (χ0n) is 38.1. The molecule has 0 unspecified atom stereocenters. The van der Waals surface area contributed by atoms with Crippen molar-refractivity contribution >= 4 is 60.9 Å². The summed E-state index contributed by atoms with van der Waals surface area (Å²) in [6.45, 7) is 0. The van der Waals surface area contributed by atoms with Crippen LogP contribution in [0.2, 0.25) is 0 Å². The van der Waals surface area contributed by atoms with Crippen LogP contribution in [0.25, 0.3) is 88.4 Å². The molecule has 13 aromatic rings. The summed E-state index contributed by atoms with van der Waals surface area (Å²) in [6.07, 6.45) is 0. The van der Waals surface area contributed by atoms with Crippen molar-refractivity contribution in [2.45, 2.75) is 5.41 Å². The van der Waals surface area contributed by atoms with Crippen LogP contribution in [-0.4, -0.2) is 0 Å². The van der Waals surface area contributed by atoms with Gasteiger partial charge in [-0.25, -0.2) is 0 Å². The van der Waals surface area contributed by atoms with Crippen LogP contribution in [0, 0.1) is 0 Å². The zero-order chi connectivity index (χ0) is 46.2. The Morgan fingerprint density at radius 1 is 0.314 bits per heavy atom. The monoisotopic (exact) mass is 893 g/mol. The standard InChI is InChI=1S/C67H43NO2/c1-5-20-44(21-6-1)45-36-39-50(40-37-45)68(58-32-17-14-28-51(58)46-22-7-2-8-23-46)59-33-19-35-61-64(59)55-43-62-65(54-30-15-18-34-60(54)69-62)63(66(55)70-61)47-38-41-53-52-29-13-16-31-56(52)67(57(53)42-47,48-24-9-3-10-25-48)49-26-11-4-12-27-49/h1-43H. The molecule has 1 aliphatic rings. The molecule has 0 saturated carbocycles. The first kappa shape index (κ1) is 39.9. The average Bonchev–Trinajstić information content (AvgIpc) is 4.10. The van der Waals surface area contributed by atoms with Crippen molar-refractivity contribution in [2.24, 2.45) is 0 Å². The summed E-state index contributed by atoms with van der Waals surface area (Å²) in [7, 11) is 0. The van der Waals surface area contributed by atoms with E-state index < -0.39 is 5.41 Å². The van der Waals surface area contributed by atoms with Crippen LogP contribution < -0.4 is 4.90 Å². The van der Waals surface area contributed by atoms with Gasteiger partial charge in [0, 0.05) is 33.0 Å². The van der Waals surface area contributed by atoms with Crippen LogP contribution in [0.15, 0.2) is 270 Å². The Balaban J connectivity index is 1.06. The highest BCUT2D eigenvalue weighted by Gasteiger charge is 2.46. The molecule has 2 aromatic heterocycles. The minimum atomic E-state index is -0.570. The fourth-order valence-electron chi connectivity index (χ4n) is 11.6. The predicted octanol–water partition coefficient (Wildman–Crippen LogP) is 18.3. The third-order valence-corrected chi connectivity index (χ3v) is 14.6. The second-order valence-corrected chi connectivity index (χ2v) is 18.3. The van der Waals surface area contributed by atoms with Crippen molar-refractivity contribution < 1.29 is 8.83 Å². The summed E-state index contributed by atoms with van der Waals surface area (Å²) >= 11 is 0. The molecule has 0 radical (unpaired) electrons. The van der Waals surface area contributed by atoms with E-state index in [2.05, 4.69) is 260 Å². The molecule has 0 amide bonds. The van der Waals surface area contributed by atoms with Gasteiger partial charge in [0.15, 0.2) is 0 Å². The fraction of sp³-hybridized carbons (Fsp3) is 0.0149. The van der Waals surface area contributed by atoms with Gasteiger partial charge in [0.25, 0.3) is 0 Å². The molecule has 0 spiro atoms. The van der Waals surface area contributed by atoms with Gasteiger partial charge in [-0.1, -0.05) is 212 Å². The van der Waals surface area contributed by atoms with Crippen LogP contribution in [0.5, 0.6) is 0 Å². The molecule has 0 aliphatic heterocycles. The highest BCUT2D eigenvalue weighted by molar-refractivity contribution is 6.26. The number of hydrogen-bond acceptors (Lipinski definition) is 3. The Kier molecular flexibility index (Phi) is 9.11. The number of rotatable bonds is 8. The van der Waals surface area contributed by atoms with E-state index in [-0.39, 0.29) is 0 Å². The molecule has 328 valence electrons. The van der Waals surface area contributed by atoms with E-state index in [4.69, 9.17) is 8.83 Å². The Morgan fingerprint density at radius 2 is 0.871 bits per heavy atom. The molecule has 3 nitrogen and oxygen atoms in total. The van der Waals surface area contributed by atoms with E-state index in [1.165, 1.54) is 38.9 Å². The normalized spacial score (nSPS) is 12.7. The molecule has 1 aliphatic carbocycles. The van der Waals surface area contributed by atoms with E-state index in [1.807, 2.05) is 6.07 Å². The molecule has 2 heterocycles. The van der Waals surface area contributed by atoms with Gasteiger partial charge < -0.3 is 13.7 Å². The van der Waals surface area contributed by atoms with Crippen molar-refractivity contribution in [1.29, 1.82) is 0 Å². The van der Waals surface area contributed by atoms with Gasteiger partial charge in [0.2, 0.25) is 0 Å². The highest BCUT2D eigenvalue weighted by atomic mass is 16.3. The summed E-state index contributed by atoms with van der Waals surface area (Å²) in [4.78, 5) is 2.40. The molecular weight excluding hydrogens is 851 g/mol. The maximum Gasteiger partial charge on any atom is 0.144 e. The maximum absolute atomic E-state index is 7.35. The van der Waals surface area contributed by atoms with Crippen LogP contribution in [0.1, 0.15) is 22.3 Å². The first-order chi connectivity index (χ1) is 34.7. The minimum Gasteiger partial charge on any atom is -0.456 e. The van der Waals surface area contributed by atoms with Crippen LogP contribution in [0.3, 0.4) is 0 Å². The maximum atomic E-state index is 7.35. The van der Waals surface area contributed by atoms with E-state index in [9.17, 15) is 0 Å². The lowest BCUT2D eigenvalue weighted by Gasteiger charge is -2.34. The fourth-order valence-corrected chi connectivity index (χ4v) is 11.6. The largest absolute Gasteiger partial charge is 0.456 e. The van der Waals surface area contributed by atoms with Crippen molar-refractivity contribution in [1.82, 2.24) is 0 Å². The van der Waals surface area contributed by atoms with Gasteiger partial charge in [-0.2, -0.15) is 0 Å². The second-order valence-electron chi connectivity index (χ2n) is 18.3. The number of fused-ring (bicyclic) bond motifs is 9. The summed E-state index contributed by atoms with van der Waals surface area (Å²) in [5, 5.41) is 4.07. The average molecular weight is 894 g/mol. The SMILES string of the molecule is c1ccc(-c2ccc(N(c3ccccc3-c3ccccc3)c3cccc4oc5c(-c6ccc7c(c6)C(c6ccccc6)(c6ccccc6)c6ccccc6-7)c6c(cc5c34)oc3ccccc36)cc2)cc1. The lowest BCUT2D eigenvalue weighted by Crippen LogP contribution is -2.28. The first-order valence-electron chi connectivity index (χ1n) is 24.0. The molecule has 3 heteroatoms. The molecule has 11 aromatic carbocycles. The lowest BCUT2D eigenvalue weighted by atomic mass is 9.67. The van der Waals surface area contributed by atoms with Gasteiger partial charge in [-0.3, -0.25) is 0 Å². The molecule has 0 fully saturated rings. The number of anilines is 3. The molecule has 14 rings (SSSR count). The van der Waals surface area contributed by atoms with Crippen molar-refractivity contribution in [3.8, 4) is 44.5 Å². The molecule has 70 heavy (non-hydrogen) atoms. The van der Waals surface area contributed by atoms with E-state index in [0.29, 0.717) is 0 Å². The van der Waals surface area contributed by atoms with Gasteiger partial charge in [-0.05, 0) is 104 Å². The summed E-state index contributed by atoms with van der Waals surface area (Å²) in [6, 6.07) is 93.9. The third-order valence-electron chi connectivity index (χ3n) is 14.6. The van der Waals surface area contributed by atoms with E-state index >= 15 is 0 Å². The van der Waals surface area contributed by atoms with Crippen molar-refractivity contribution in [3.05, 3.63) is 283 Å². The minimum absolute atomic E-state index is 0.570. The van der Waals surface area contributed by atoms with Gasteiger partial charge in [-0.15, -0.1) is 0 Å². The summed E-state index contributed by atoms with van der Waals surface area (Å²) in [5.41, 5.74) is 19.9. The van der Waals surface area contributed by atoms with Gasteiger partial charge in [0.05, 0.1) is 22.2 Å². The van der Waals surface area contributed by atoms with E-state index in [0.717, 1.165) is 88.8 Å². The predicted molar refractivity (Wildman–Crippen MR) is 289 cm³/mol. The quantitative estimate of drug-likeness (QED) is 0.152. The summed E-state index contributed by atoms with van der Waals surface area (Å²) < 4.78 is 14.3. The van der Waals surface area contributed by atoms with Crippen LogP contribution >= 0.6 is 0 Å². The topological polar surface area (TPSA) is 29.5 Å². The lowest BCUT2D eigenvalue weighted by molar-refractivity contribution is 0.664. The Morgan fingerprint density at radius 3 is 1.61 bits per heavy atom. The molecule has 0 bridgehead atoms. The Bertz CT molecular complexity index is 4060.